The molecule has 0 unspecified atom stereocenters. The zero-order valence-corrected chi connectivity index (χ0v) is 11.5. The molecular formula is C14H24N4. The van der Waals surface area contributed by atoms with E-state index in [1.807, 2.05) is 12.4 Å². The maximum absolute atomic E-state index is 4.73. The van der Waals surface area contributed by atoms with Crippen LogP contribution in [0.25, 0.3) is 0 Å². The van der Waals surface area contributed by atoms with E-state index in [9.17, 15) is 0 Å². The second-order valence-electron chi connectivity index (χ2n) is 4.87. The van der Waals surface area contributed by atoms with Gasteiger partial charge in [-0.3, -0.25) is 4.98 Å². The lowest BCUT2D eigenvalue weighted by Gasteiger charge is -2.28. The van der Waals surface area contributed by atoms with Crippen molar-refractivity contribution in [3.8, 4) is 0 Å². The Morgan fingerprint density at radius 2 is 2.06 bits per heavy atom. The van der Waals surface area contributed by atoms with Crippen molar-refractivity contribution in [3.63, 3.8) is 0 Å². The molecule has 1 aliphatic carbocycles. The van der Waals surface area contributed by atoms with Gasteiger partial charge in [0, 0.05) is 25.3 Å². The van der Waals surface area contributed by atoms with Gasteiger partial charge in [-0.2, -0.15) is 0 Å². The van der Waals surface area contributed by atoms with E-state index in [2.05, 4.69) is 29.0 Å². The Hall–Kier alpha value is -1.16. The molecule has 1 heterocycles. The predicted molar refractivity (Wildman–Crippen MR) is 74.7 cm³/mol. The molecule has 1 saturated carbocycles. The summed E-state index contributed by atoms with van der Waals surface area (Å²) in [6.45, 7) is 7.10. The zero-order chi connectivity index (χ0) is 12.8. The first kappa shape index (κ1) is 13.3. The Morgan fingerprint density at radius 3 is 2.72 bits per heavy atom. The summed E-state index contributed by atoms with van der Waals surface area (Å²) in [5, 5.41) is 3.30. The van der Waals surface area contributed by atoms with Crippen molar-refractivity contribution in [2.45, 2.75) is 52.1 Å². The van der Waals surface area contributed by atoms with Crippen LogP contribution in [0.3, 0.4) is 0 Å². The van der Waals surface area contributed by atoms with E-state index in [4.69, 9.17) is 4.98 Å². The Morgan fingerprint density at radius 1 is 1.28 bits per heavy atom. The molecule has 1 aromatic rings. The summed E-state index contributed by atoms with van der Waals surface area (Å²) in [6, 6.07) is 0.665. The minimum Gasteiger partial charge on any atom is -0.353 e. The van der Waals surface area contributed by atoms with Gasteiger partial charge in [-0.25, -0.2) is 4.98 Å². The lowest BCUT2D eigenvalue weighted by Crippen LogP contribution is -2.34. The van der Waals surface area contributed by atoms with E-state index in [-0.39, 0.29) is 0 Å². The summed E-state index contributed by atoms with van der Waals surface area (Å²) >= 11 is 0. The molecule has 0 aliphatic heterocycles. The predicted octanol–water partition coefficient (Wildman–Crippen LogP) is 2.36. The third kappa shape index (κ3) is 3.19. The summed E-state index contributed by atoms with van der Waals surface area (Å²) in [6.07, 6.45) is 9.06. The van der Waals surface area contributed by atoms with Crippen molar-refractivity contribution in [2.24, 2.45) is 0 Å². The largest absolute Gasteiger partial charge is 0.353 e. The molecule has 2 rings (SSSR count). The molecule has 18 heavy (non-hydrogen) atoms. The van der Waals surface area contributed by atoms with Crippen LogP contribution in [0.1, 0.15) is 45.2 Å². The van der Waals surface area contributed by atoms with Gasteiger partial charge in [0.05, 0.1) is 11.9 Å². The molecule has 1 aliphatic rings. The third-order valence-corrected chi connectivity index (χ3v) is 3.63. The molecule has 100 valence electrons. The molecule has 4 heteroatoms. The monoisotopic (exact) mass is 248 g/mol. The second-order valence-corrected chi connectivity index (χ2v) is 4.87. The molecular weight excluding hydrogens is 224 g/mol. The molecule has 0 bridgehead atoms. The molecule has 0 radical (unpaired) electrons. The highest BCUT2D eigenvalue weighted by Gasteiger charge is 2.22. The van der Waals surface area contributed by atoms with Gasteiger partial charge in [0.25, 0.3) is 0 Å². The number of rotatable bonds is 6. The van der Waals surface area contributed by atoms with Crippen molar-refractivity contribution in [3.05, 3.63) is 18.1 Å². The first-order valence-electron chi connectivity index (χ1n) is 7.13. The second kappa shape index (κ2) is 6.69. The van der Waals surface area contributed by atoms with E-state index >= 15 is 0 Å². The Bertz CT molecular complexity index is 361. The summed E-state index contributed by atoms with van der Waals surface area (Å²) in [4.78, 5) is 11.5. The van der Waals surface area contributed by atoms with Gasteiger partial charge in [0.15, 0.2) is 0 Å². The fraction of sp³-hybridized carbons (Fsp3) is 0.714. The minimum absolute atomic E-state index is 0.665. The van der Waals surface area contributed by atoms with E-state index in [1.54, 1.807) is 0 Å². The van der Waals surface area contributed by atoms with Gasteiger partial charge in [-0.15, -0.1) is 0 Å². The van der Waals surface area contributed by atoms with E-state index in [1.165, 1.54) is 25.7 Å². The fourth-order valence-electron chi connectivity index (χ4n) is 2.69. The van der Waals surface area contributed by atoms with Crippen LogP contribution in [0, 0.1) is 0 Å². The van der Waals surface area contributed by atoms with Crippen LogP contribution in [0.15, 0.2) is 12.4 Å². The Kier molecular flexibility index (Phi) is 4.93. The van der Waals surface area contributed by atoms with Crippen LogP contribution in [-0.2, 0) is 6.54 Å². The van der Waals surface area contributed by atoms with Gasteiger partial charge in [0.1, 0.15) is 5.82 Å². The summed E-state index contributed by atoms with van der Waals surface area (Å²) in [5.41, 5.74) is 1.03. The van der Waals surface area contributed by atoms with Crippen LogP contribution < -0.4 is 10.2 Å². The topological polar surface area (TPSA) is 41.1 Å². The van der Waals surface area contributed by atoms with Crippen molar-refractivity contribution in [1.82, 2.24) is 15.3 Å². The SMILES string of the molecule is CCNCc1cncc(N(CC)C2CCCC2)n1. The van der Waals surface area contributed by atoms with Crippen LogP contribution in [0.5, 0.6) is 0 Å². The molecule has 4 nitrogen and oxygen atoms in total. The van der Waals surface area contributed by atoms with Gasteiger partial charge in [-0.05, 0) is 26.3 Å². The molecule has 1 fully saturated rings. The number of nitrogens with one attached hydrogen (secondary N) is 1. The minimum atomic E-state index is 0.665. The number of nitrogens with zero attached hydrogens (tertiary/aromatic N) is 3. The van der Waals surface area contributed by atoms with Crippen molar-refractivity contribution in [1.29, 1.82) is 0 Å². The Labute approximate surface area is 110 Å². The molecule has 0 aromatic carbocycles. The highest BCUT2D eigenvalue weighted by molar-refractivity contribution is 5.38. The lowest BCUT2D eigenvalue weighted by molar-refractivity contribution is 0.608. The third-order valence-electron chi connectivity index (χ3n) is 3.63. The molecule has 1 aromatic heterocycles. The zero-order valence-electron chi connectivity index (χ0n) is 11.5. The van der Waals surface area contributed by atoms with Crippen LogP contribution in [-0.4, -0.2) is 29.1 Å². The average Bonchev–Trinajstić information content (AvgIpc) is 2.92. The molecule has 1 N–H and O–H groups in total. The van der Waals surface area contributed by atoms with Gasteiger partial charge in [-0.1, -0.05) is 19.8 Å². The first-order valence-corrected chi connectivity index (χ1v) is 7.13. The maximum Gasteiger partial charge on any atom is 0.147 e. The highest BCUT2D eigenvalue weighted by atomic mass is 15.2. The Balaban J connectivity index is 2.09. The summed E-state index contributed by atoms with van der Waals surface area (Å²) < 4.78 is 0. The number of anilines is 1. The van der Waals surface area contributed by atoms with Gasteiger partial charge < -0.3 is 10.2 Å². The molecule has 0 amide bonds. The standard InChI is InChI=1S/C14H24N4/c1-3-15-9-12-10-16-11-14(17-12)18(4-2)13-7-5-6-8-13/h10-11,13,15H,3-9H2,1-2H3. The quantitative estimate of drug-likeness (QED) is 0.839. The van der Waals surface area contributed by atoms with E-state index < -0.39 is 0 Å². The van der Waals surface area contributed by atoms with Crippen LogP contribution >= 0.6 is 0 Å². The molecule has 0 saturated heterocycles. The smallest absolute Gasteiger partial charge is 0.147 e. The van der Waals surface area contributed by atoms with Crippen LogP contribution in [0.4, 0.5) is 5.82 Å². The van der Waals surface area contributed by atoms with Gasteiger partial charge >= 0.3 is 0 Å². The average molecular weight is 248 g/mol. The normalized spacial score (nSPS) is 16.1. The lowest BCUT2D eigenvalue weighted by atomic mass is 10.2. The van der Waals surface area contributed by atoms with E-state index in [0.717, 1.165) is 31.1 Å². The van der Waals surface area contributed by atoms with E-state index in [0.29, 0.717) is 6.04 Å². The summed E-state index contributed by atoms with van der Waals surface area (Å²) in [5.74, 6) is 1.04. The van der Waals surface area contributed by atoms with Crippen LogP contribution in [0.2, 0.25) is 0 Å². The number of hydrogen-bond donors (Lipinski definition) is 1. The fourth-order valence-corrected chi connectivity index (χ4v) is 2.69. The summed E-state index contributed by atoms with van der Waals surface area (Å²) in [7, 11) is 0. The maximum atomic E-state index is 4.73. The van der Waals surface area contributed by atoms with Crippen molar-refractivity contribution in [2.75, 3.05) is 18.0 Å². The number of hydrogen-bond acceptors (Lipinski definition) is 4. The number of aromatic nitrogens is 2. The molecule has 0 spiro atoms. The van der Waals surface area contributed by atoms with Crippen molar-refractivity contribution >= 4 is 5.82 Å². The van der Waals surface area contributed by atoms with Crippen molar-refractivity contribution < 1.29 is 0 Å². The van der Waals surface area contributed by atoms with Gasteiger partial charge in [0.2, 0.25) is 0 Å². The first-order chi connectivity index (χ1) is 8.85. The highest BCUT2D eigenvalue weighted by Crippen LogP contribution is 2.26. The molecule has 0 atom stereocenters.